The van der Waals surface area contributed by atoms with Crippen LogP contribution in [0.15, 0.2) is 0 Å². The summed E-state index contributed by atoms with van der Waals surface area (Å²) in [4.78, 5) is 23.9. The van der Waals surface area contributed by atoms with Crippen LogP contribution in [-0.4, -0.2) is 35.0 Å². The molecule has 0 aromatic rings. The van der Waals surface area contributed by atoms with Gasteiger partial charge in [0.05, 0.1) is 5.92 Å². The minimum atomic E-state index is -0.689. The largest absolute Gasteiger partial charge is 0.481 e. The molecule has 0 aromatic heterocycles. The molecule has 0 aromatic carbocycles. The maximum Gasteiger partial charge on any atom is 0.306 e. The highest BCUT2D eigenvalue weighted by Gasteiger charge is 2.19. The fourth-order valence-electron chi connectivity index (χ4n) is 2.04. The van der Waals surface area contributed by atoms with E-state index in [-0.39, 0.29) is 11.8 Å². The van der Waals surface area contributed by atoms with Gasteiger partial charge in [-0.05, 0) is 25.7 Å². The Kier molecular flexibility index (Phi) is 4.59. The van der Waals surface area contributed by atoms with Crippen molar-refractivity contribution in [1.82, 2.24) is 4.90 Å². The van der Waals surface area contributed by atoms with E-state index in [4.69, 9.17) is 5.11 Å². The maximum atomic E-state index is 11.2. The van der Waals surface area contributed by atoms with E-state index in [1.807, 2.05) is 4.90 Å². The van der Waals surface area contributed by atoms with E-state index in [1.54, 1.807) is 6.92 Å². The number of aliphatic carboxylic acids is 1. The number of carbonyl (C=O) groups excluding carboxylic acids is 1. The molecular weight excluding hydrogens is 194 g/mol. The lowest BCUT2D eigenvalue weighted by Crippen LogP contribution is -2.30. The lowest BCUT2D eigenvalue weighted by molar-refractivity contribution is -0.142. The van der Waals surface area contributed by atoms with Crippen LogP contribution in [0.2, 0.25) is 0 Å². The first kappa shape index (κ1) is 12.0. The second-order valence-corrected chi connectivity index (χ2v) is 4.18. The van der Waals surface area contributed by atoms with E-state index in [9.17, 15) is 9.59 Å². The Labute approximate surface area is 90.3 Å². The minimum Gasteiger partial charge on any atom is -0.481 e. The first-order chi connectivity index (χ1) is 7.11. The van der Waals surface area contributed by atoms with Crippen LogP contribution in [0.25, 0.3) is 0 Å². The first-order valence-corrected chi connectivity index (χ1v) is 5.59. The molecule has 1 aliphatic rings. The third kappa shape index (κ3) is 3.90. The summed E-state index contributed by atoms with van der Waals surface area (Å²) in [6, 6.07) is 0. The Bertz CT molecular complexity index is 216. The molecule has 1 fully saturated rings. The Morgan fingerprint density at radius 1 is 1.13 bits per heavy atom. The molecule has 0 spiro atoms. The molecule has 1 N–H and O–H groups in total. The highest BCUT2D eigenvalue weighted by Crippen LogP contribution is 2.18. The van der Waals surface area contributed by atoms with Crippen LogP contribution in [0, 0.1) is 5.92 Å². The van der Waals surface area contributed by atoms with Crippen molar-refractivity contribution in [2.24, 2.45) is 5.92 Å². The van der Waals surface area contributed by atoms with Gasteiger partial charge in [-0.15, -0.1) is 0 Å². The summed E-state index contributed by atoms with van der Waals surface area (Å²) in [5.41, 5.74) is 0. The Balaban J connectivity index is 2.48. The van der Waals surface area contributed by atoms with Gasteiger partial charge < -0.3 is 10.0 Å². The fraction of sp³-hybridized carbons (Fsp3) is 0.818. The average Bonchev–Trinajstić information content (AvgIpc) is 2.27. The van der Waals surface area contributed by atoms with Crippen molar-refractivity contribution in [2.75, 3.05) is 13.1 Å². The van der Waals surface area contributed by atoms with Crippen LogP contribution < -0.4 is 0 Å². The quantitative estimate of drug-likeness (QED) is 0.718. The van der Waals surface area contributed by atoms with E-state index in [0.717, 1.165) is 32.2 Å². The van der Waals surface area contributed by atoms with Crippen molar-refractivity contribution in [3.63, 3.8) is 0 Å². The SMILES string of the molecule is CC(=O)N1CCCCC(C(=O)O)CCC1. The summed E-state index contributed by atoms with van der Waals surface area (Å²) in [7, 11) is 0. The predicted octanol–water partition coefficient (Wildman–Crippen LogP) is 1.50. The van der Waals surface area contributed by atoms with Gasteiger partial charge in [0, 0.05) is 20.0 Å². The monoisotopic (exact) mass is 213 g/mol. The van der Waals surface area contributed by atoms with Gasteiger partial charge in [0.15, 0.2) is 0 Å². The molecule has 1 atom stereocenters. The molecule has 4 heteroatoms. The maximum absolute atomic E-state index is 11.2. The molecule has 4 nitrogen and oxygen atoms in total. The van der Waals surface area contributed by atoms with E-state index < -0.39 is 5.97 Å². The van der Waals surface area contributed by atoms with Crippen molar-refractivity contribution in [3.8, 4) is 0 Å². The number of nitrogens with zero attached hydrogens (tertiary/aromatic N) is 1. The molecule has 1 heterocycles. The molecule has 0 bridgehead atoms. The number of carboxylic acid groups (broad SMARTS) is 1. The fourth-order valence-corrected chi connectivity index (χ4v) is 2.04. The zero-order chi connectivity index (χ0) is 11.3. The van der Waals surface area contributed by atoms with Gasteiger partial charge in [0.2, 0.25) is 5.91 Å². The number of rotatable bonds is 1. The average molecular weight is 213 g/mol. The number of hydrogen-bond acceptors (Lipinski definition) is 2. The highest BCUT2D eigenvalue weighted by molar-refractivity contribution is 5.73. The number of hydrogen-bond donors (Lipinski definition) is 1. The van der Waals surface area contributed by atoms with E-state index in [2.05, 4.69) is 0 Å². The molecule has 0 saturated carbocycles. The Morgan fingerprint density at radius 2 is 1.73 bits per heavy atom. The van der Waals surface area contributed by atoms with E-state index in [0.29, 0.717) is 13.0 Å². The third-order valence-corrected chi connectivity index (χ3v) is 3.01. The predicted molar refractivity (Wildman–Crippen MR) is 56.5 cm³/mol. The summed E-state index contributed by atoms with van der Waals surface area (Å²) in [6.07, 6.45) is 4.07. The first-order valence-electron chi connectivity index (χ1n) is 5.59. The van der Waals surface area contributed by atoms with Crippen LogP contribution in [0.1, 0.15) is 39.0 Å². The third-order valence-electron chi connectivity index (χ3n) is 3.01. The van der Waals surface area contributed by atoms with Gasteiger partial charge in [-0.1, -0.05) is 6.42 Å². The minimum absolute atomic E-state index is 0.101. The Morgan fingerprint density at radius 3 is 2.33 bits per heavy atom. The van der Waals surface area contributed by atoms with Crippen LogP contribution in [0.5, 0.6) is 0 Å². The summed E-state index contributed by atoms with van der Waals surface area (Å²) < 4.78 is 0. The number of amides is 1. The second kappa shape index (κ2) is 5.73. The number of carboxylic acids is 1. The molecule has 1 amide bonds. The molecule has 86 valence electrons. The summed E-state index contributed by atoms with van der Waals surface area (Å²) in [5, 5.41) is 8.94. The topological polar surface area (TPSA) is 57.6 Å². The van der Waals surface area contributed by atoms with Crippen molar-refractivity contribution in [1.29, 1.82) is 0 Å². The second-order valence-electron chi connectivity index (χ2n) is 4.18. The molecular formula is C11H19NO3. The lowest BCUT2D eigenvalue weighted by atomic mass is 9.97. The summed E-state index contributed by atoms with van der Waals surface area (Å²) in [6.45, 7) is 3.06. The number of carbonyl (C=O) groups is 2. The van der Waals surface area contributed by atoms with E-state index in [1.165, 1.54) is 0 Å². The summed E-state index contributed by atoms with van der Waals surface area (Å²) in [5.74, 6) is -0.799. The van der Waals surface area contributed by atoms with Crippen LogP contribution in [-0.2, 0) is 9.59 Å². The van der Waals surface area contributed by atoms with Crippen LogP contribution in [0.4, 0.5) is 0 Å². The molecule has 15 heavy (non-hydrogen) atoms. The van der Waals surface area contributed by atoms with Gasteiger partial charge in [-0.25, -0.2) is 0 Å². The molecule has 0 radical (unpaired) electrons. The molecule has 1 aliphatic heterocycles. The normalized spacial score (nSPS) is 23.8. The molecule has 1 unspecified atom stereocenters. The molecule has 1 saturated heterocycles. The van der Waals surface area contributed by atoms with Gasteiger partial charge in [-0.2, -0.15) is 0 Å². The standard InChI is InChI=1S/C11H19NO3/c1-9(13)12-7-3-2-5-10(11(14)15)6-4-8-12/h10H,2-8H2,1H3,(H,14,15). The Hall–Kier alpha value is -1.06. The smallest absolute Gasteiger partial charge is 0.306 e. The van der Waals surface area contributed by atoms with Crippen molar-refractivity contribution in [2.45, 2.75) is 39.0 Å². The molecule has 0 aliphatic carbocycles. The zero-order valence-electron chi connectivity index (χ0n) is 9.24. The van der Waals surface area contributed by atoms with Crippen LogP contribution in [0.3, 0.4) is 0 Å². The van der Waals surface area contributed by atoms with Crippen LogP contribution >= 0.6 is 0 Å². The zero-order valence-corrected chi connectivity index (χ0v) is 9.24. The van der Waals surface area contributed by atoms with Gasteiger partial charge in [-0.3, -0.25) is 9.59 Å². The van der Waals surface area contributed by atoms with Gasteiger partial charge in [0.1, 0.15) is 0 Å². The van der Waals surface area contributed by atoms with Crippen molar-refractivity contribution in [3.05, 3.63) is 0 Å². The van der Waals surface area contributed by atoms with Gasteiger partial charge >= 0.3 is 5.97 Å². The highest BCUT2D eigenvalue weighted by atomic mass is 16.4. The molecule has 1 rings (SSSR count). The van der Waals surface area contributed by atoms with Crippen molar-refractivity contribution >= 4 is 11.9 Å². The lowest BCUT2D eigenvalue weighted by Gasteiger charge is -2.19. The van der Waals surface area contributed by atoms with Gasteiger partial charge in [0.25, 0.3) is 0 Å². The summed E-state index contributed by atoms with van der Waals surface area (Å²) >= 11 is 0. The van der Waals surface area contributed by atoms with Crippen molar-refractivity contribution < 1.29 is 14.7 Å². The van der Waals surface area contributed by atoms with E-state index >= 15 is 0 Å².